The molecule has 0 fully saturated rings. The number of imidazole rings is 1. The third-order valence-corrected chi connectivity index (χ3v) is 1.39. The first-order chi connectivity index (χ1) is 5.29. The van der Waals surface area contributed by atoms with Crippen LogP contribution in [0.4, 0.5) is 0 Å². The number of aromatic nitrogens is 5. The highest BCUT2D eigenvalue weighted by Crippen LogP contribution is 1.87. The number of hydrogen-bond acceptors (Lipinski definition) is 4. The van der Waals surface area contributed by atoms with Crippen LogP contribution in [-0.4, -0.2) is 24.4 Å². The molecule has 0 aromatic carbocycles. The SMILES string of the molecule is Cn1cc2nncnn2c1=O. The summed E-state index contributed by atoms with van der Waals surface area (Å²) in [6, 6.07) is 0. The Morgan fingerprint density at radius 1 is 1.55 bits per heavy atom. The molecule has 0 aliphatic heterocycles. The summed E-state index contributed by atoms with van der Waals surface area (Å²) in [4.78, 5) is 11.1. The molecule has 0 radical (unpaired) electrons. The van der Waals surface area contributed by atoms with E-state index in [-0.39, 0.29) is 5.69 Å². The van der Waals surface area contributed by atoms with Gasteiger partial charge in [-0.15, -0.1) is 15.3 Å². The lowest BCUT2D eigenvalue weighted by Crippen LogP contribution is -2.18. The van der Waals surface area contributed by atoms with Crippen LogP contribution in [0.1, 0.15) is 0 Å². The van der Waals surface area contributed by atoms with Crippen molar-refractivity contribution in [2.75, 3.05) is 0 Å². The fourth-order valence-corrected chi connectivity index (χ4v) is 0.867. The fourth-order valence-electron chi connectivity index (χ4n) is 0.867. The van der Waals surface area contributed by atoms with Gasteiger partial charge in [0.25, 0.3) is 0 Å². The van der Waals surface area contributed by atoms with Crippen molar-refractivity contribution < 1.29 is 0 Å². The number of hydrogen-bond donors (Lipinski definition) is 0. The van der Waals surface area contributed by atoms with Gasteiger partial charge in [-0.3, -0.25) is 4.57 Å². The highest BCUT2D eigenvalue weighted by atomic mass is 16.2. The molecule has 56 valence electrons. The zero-order valence-electron chi connectivity index (χ0n) is 5.80. The molecular formula is C5H5N5O. The van der Waals surface area contributed by atoms with Crippen molar-refractivity contribution in [3.05, 3.63) is 23.0 Å². The summed E-state index contributed by atoms with van der Waals surface area (Å²) < 4.78 is 2.59. The van der Waals surface area contributed by atoms with E-state index >= 15 is 0 Å². The molecule has 0 atom stereocenters. The maximum absolute atomic E-state index is 11.1. The number of aryl methyl sites for hydroxylation is 1. The summed E-state index contributed by atoms with van der Waals surface area (Å²) in [5, 5.41) is 10.9. The molecule has 6 nitrogen and oxygen atoms in total. The summed E-state index contributed by atoms with van der Waals surface area (Å²) in [6.45, 7) is 0. The number of nitrogens with zero attached hydrogens (tertiary/aromatic N) is 5. The van der Waals surface area contributed by atoms with Gasteiger partial charge in [0.05, 0.1) is 6.20 Å². The Morgan fingerprint density at radius 3 is 3.09 bits per heavy atom. The number of fused-ring (bicyclic) bond motifs is 1. The monoisotopic (exact) mass is 151 g/mol. The van der Waals surface area contributed by atoms with Crippen LogP contribution in [0.2, 0.25) is 0 Å². The Bertz CT molecular complexity index is 441. The van der Waals surface area contributed by atoms with E-state index in [1.165, 1.54) is 15.4 Å². The molecule has 2 aromatic rings. The van der Waals surface area contributed by atoms with E-state index in [0.717, 1.165) is 0 Å². The minimum Gasteiger partial charge on any atom is -0.298 e. The van der Waals surface area contributed by atoms with Crippen LogP contribution >= 0.6 is 0 Å². The van der Waals surface area contributed by atoms with E-state index < -0.39 is 0 Å². The molecule has 0 amide bonds. The maximum atomic E-state index is 11.1. The van der Waals surface area contributed by atoms with Crippen molar-refractivity contribution in [2.24, 2.45) is 7.05 Å². The molecule has 0 aliphatic rings. The molecular weight excluding hydrogens is 146 g/mol. The van der Waals surface area contributed by atoms with Gasteiger partial charge in [0.2, 0.25) is 0 Å². The molecule has 0 saturated heterocycles. The van der Waals surface area contributed by atoms with Crippen LogP contribution in [0.15, 0.2) is 17.3 Å². The normalized spacial score (nSPS) is 10.6. The van der Waals surface area contributed by atoms with Gasteiger partial charge in [0, 0.05) is 7.05 Å². The summed E-state index contributed by atoms with van der Waals surface area (Å²) in [5.74, 6) is 0. The zero-order chi connectivity index (χ0) is 7.84. The van der Waals surface area contributed by atoms with Gasteiger partial charge >= 0.3 is 5.69 Å². The summed E-state index contributed by atoms with van der Waals surface area (Å²) in [5.41, 5.74) is 0.245. The van der Waals surface area contributed by atoms with E-state index in [9.17, 15) is 4.79 Å². The molecule has 0 unspecified atom stereocenters. The van der Waals surface area contributed by atoms with Crippen molar-refractivity contribution in [2.45, 2.75) is 0 Å². The van der Waals surface area contributed by atoms with Gasteiger partial charge < -0.3 is 0 Å². The number of rotatable bonds is 0. The molecule has 6 heteroatoms. The van der Waals surface area contributed by atoms with E-state index in [1.54, 1.807) is 13.2 Å². The van der Waals surface area contributed by atoms with Crippen molar-refractivity contribution in [1.29, 1.82) is 0 Å². The maximum Gasteiger partial charge on any atom is 0.350 e. The largest absolute Gasteiger partial charge is 0.350 e. The van der Waals surface area contributed by atoms with Gasteiger partial charge in [-0.1, -0.05) is 0 Å². The molecule has 0 bridgehead atoms. The molecule has 0 saturated carbocycles. The molecule has 0 N–H and O–H groups in total. The molecule has 0 aliphatic carbocycles. The first-order valence-electron chi connectivity index (χ1n) is 3.01. The molecule has 2 aromatic heterocycles. The third-order valence-electron chi connectivity index (χ3n) is 1.39. The van der Waals surface area contributed by atoms with Crippen molar-refractivity contribution >= 4 is 5.65 Å². The second kappa shape index (κ2) is 1.88. The van der Waals surface area contributed by atoms with E-state index in [2.05, 4.69) is 15.3 Å². The van der Waals surface area contributed by atoms with Gasteiger partial charge in [-0.05, 0) is 0 Å². The highest BCUT2D eigenvalue weighted by molar-refractivity contribution is 5.30. The molecule has 2 rings (SSSR count). The second-order valence-corrected chi connectivity index (χ2v) is 2.14. The van der Waals surface area contributed by atoms with Gasteiger partial charge in [-0.25, -0.2) is 4.79 Å². The molecule has 11 heavy (non-hydrogen) atoms. The zero-order valence-corrected chi connectivity index (χ0v) is 5.80. The standard InChI is InChI=1S/C5H5N5O/c1-9-2-4-8-6-3-7-10(4)5(9)11/h2-3H,1H3. The highest BCUT2D eigenvalue weighted by Gasteiger charge is 2.01. The predicted octanol–water partition coefficient (Wildman–Crippen LogP) is -1.18. The fraction of sp³-hybridized carbons (Fsp3) is 0.200. The predicted molar refractivity (Wildman–Crippen MR) is 36.0 cm³/mol. The Balaban J connectivity index is 3.04. The van der Waals surface area contributed by atoms with Crippen LogP contribution in [0.5, 0.6) is 0 Å². The quantitative estimate of drug-likeness (QED) is 0.475. The topological polar surface area (TPSA) is 65.1 Å². The van der Waals surface area contributed by atoms with Crippen molar-refractivity contribution in [1.82, 2.24) is 24.4 Å². The van der Waals surface area contributed by atoms with E-state index in [0.29, 0.717) is 5.65 Å². The van der Waals surface area contributed by atoms with E-state index in [4.69, 9.17) is 0 Å². The average molecular weight is 151 g/mol. The Morgan fingerprint density at radius 2 is 2.36 bits per heavy atom. The van der Waals surface area contributed by atoms with Crippen molar-refractivity contribution in [3.8, 4) is 0 Å². The summed E-state index contributed by atoms with van der Waals surface area (Å²) in [7, 11) is 1.64. The van der Waals surface area contributed by atoms with Crippen LogP contribution in [0.3, 0.4) is 0 Å². The Hall–Kier alpha value is -1.72. The Kier molecular flexibility index (Phi) is 1.03. The van der Waals surface area contributed by atoms with Crippen LogP contribution in [-0.2, 0) is 7.05 Å². The lowest BCUT2D eigenvalue weighted by Gasteiger charge is -1.83. The van der Waals surface area contributed by atoms with Crippen LogP contribution in [0.25, 0.3) is 5.65 Å². The first-order valence-corrected chi connectivity index (χ1v) is 3.01. The summed E-state index contributed by atoms with van der Waals surface area (Å²) >= 11 is 0. The van der Waals surface area contributed by atoms with Gasteiger partial charge in [0.15, 0.2) is 12.0 Å². The second-order valence-electron chi connectivity index (χ2n) is 2.14. The van der Waals surface area contributed by atoms with Gasteiger partial charge in [-0.2, -0.15) is 4.52 Å². The van der Waals surface area contributed by atoms with Crippen LogP contribution < -0.4 is 5.69 Å². The van der Waals surface area contributed by atoms with Crippen molar-refractivity contribution in [3.63, 3.8) is 0 Å². The minimum atomic E-state index is -0.213. The van der Waals surface area contributed by atoms with E-state index in [1.807, 2.05) is 0 Å². The summed E-state index contributed by atoms with van der Waals surface area (Å²) in [6.07, 6.45) is 2.80. The first kappa shape index (κ1) is 6.02. The van der Waals surface area contributed by atoms with Gasteiger partial charge in [0.1, 0.15) is 0 Å². The lowest BCUT2D eigenvalue weighted by molar-refractivity contribution is 0.759. The minimum absolute atomic E-state index is 0.213. The lowest BCUT2D eigenvalue weighted by atomic mass is 10.8. The third kappa shape index (κ3) is 0.721. The average Bonchev–Trinajstić information content (AvgIpc) is 2.30. The smallest absolute Gasteiger partial charge is 0.298 e. The molecule has 0 spiro atoms. The van der Waals surface area contributed by atoms with Crippen LogP contribution in [0, 0.1) is 0 Å². The molecule has 2 heterocycles. The Labute approximate surface area is 61.1 Å².